The van der Waals surface area contributed by atoms with Crippen molar-refractivity contribution in [2.75, 3.05) is 10.3 Å². The molecule has 3 heterocycles. The third kappa shape index (κ3) is 6.69. The molecule has 0 aliphatic carbocycles. The topological polar surface area (TPSA) is 152 Å². The zero-order valence-corrected chi connectivity index (χ0v) is 20.7. The smallest absolute Gasteiger partial charge is 0.244 e. The monoisotopic (exact) mass is 518 g/mol. The van der Waals surface area contributed by atoms with Gasteiger partial charge in [-0.1, -0.05) is 18.0 Å². The number of aromatic nitrogens is 2. The number of amides is 2. The van der Waals surface area contributed by atoms with Gasteiger partial charge in [0.25, 0.3) is 0 Å². The van der Waals surface area contributed by atoms with Crippen LogP contribution < -0.4 is 27.3 Å². The summed E-state index contributed by atoms with van der Waals surface area (Å²) >= 11 is 6.15. The molecule has 0 saturated carbocycles. The van der Waals surface area contributed by atoms with E-state index in [-0.39, 0.29) is 17.9 Å². The van der Waals surface area contributed by atoms with E-state index in [9.17, 15) is 9.59 Å². The fraction of sp³-hybridized carbons (Fsp3) is 0.192. The van der Waals surface area contributed by atoms with E-state index in [4.69, 9.17) is 23.3 Å². The number of anilines is 2. The lowest BCUT2D eigenvalue weighted by molar-refractivity contribution is -0.118. The maximum Gasteiger partial charge on any atom is 0.244 e. The van der Waals surface area contributed by atoms with Crippen LogP contribution in [0.25, 0.3) is 17.3 Å². The highest BCUT2D eigenvalue weighted by Gasteiger charge is 2.19. The maximum absolute atomic E-state index is 13.0. The van der Waals surface area contributed by atoms with E-state index < -0.39 is 0 Å². The lowest BCUT2D eigenvalue weighted by atomic mass is 10.0. The van der Waals surface area contributed by atoms with Gasteiger partial charge in [-0.25, -0.2) is 5.84 Å². The molecule has 11 heteroatoms. The predicted molar refractivity (Wildman–Crippen MR) is 145 cm³/mol. The zero-order chi connectivity index (χ0) is 26.2. The highest BCUT2D eigenvalue weighted by molar-refractivity contribution is 6.30. The van der Waals surface area contributed by atoms with Gasteiger partial charge in [-0.3, -0.25) is 24.6 Å². The normalized spacial score (nSPS) is 15.9. The second-order valence-corrected chi connectivity index (χ2v) is 8.87. The molecule has 190 valence electrons. The standard InChI is InChI=1S/C26H27ClN8O2/c27-19-8-9-23(35(29)16-32-28)17(14-19)7-10-25(37)33-20-4-1-2-6-24(36)34-21-5-3-12-31-26(21)18-11-13-30-22(20)15-18/h3,5,7-16,20H,1-2,4,6,28-29H2,(H,33,37)(H,34,36)/b10-7+,32-16-/t20-/m0/s1. The lowest BCUT2D eigenvalue weighted by Gasteiger charge is -2.20. The number of carbonyl (C=O) groups is 2. The van der Waals surface area contributed by atoms with Gasteiger partial charge in [0.1, 0.15) is 6.34 Å². The summed E-state index contributed by atoms with van der Waals surface area (Å²) in [4.78, 5) is 34.4. The molecule has 2 amide bonds. The van der Waals surface area contributed by atoms with Gasteiger partial charge in [0.2, 0.25) is 11.8 Å². The van der Waals surface area contributed by atoms with E-state index in [2.05, 4.69) is 25.7 Å². The van der Waals surface area contributed by atoms with Crippen LogP contribution in [0.3, 0.4) is 0 Å². The van der Waals surface area contributed by atoms with Crippen LogP contribution in [0.15, 0.2) is 66.0 Å². The molecule has 0 fully saturated rings. The Balaban J connectivity index is 1.60. The van der Waals surface area contributed by atoms with Gasteiger partial charge in [-0.2, -0.15) is 5.10 Å². The molecule has 37 heavy (non-hydrogen) atoms. The minimum Gasteiger partial charge on any atom is -0.344 e. The number of halogens is 1. The number of hydrogen-bond donors (Lipinski definition) is 4. The number of nitrogens with one attached hydrogen (secondary N) is 2. The molecule has 4 rings (SSSR count). The first kappa shape index (κ1) is 25.8. The fourth-order valence-corrected chi connectivity index (χ4v) is 4.26. The molecule has 3 aromatic rings. The number of pyridine rings is 2. The summed E-state index contributed by atoms with van der Waals surface area (Å²) in [5.74, 6) is 10.8. The first-order valence-electron chi connectivity index (χ1n) is 11.7. The SMILES string of the molecule is N/N=C\N(N)c1ccc(Cl)cc1/C=C/C(=O)N[C@H]1CCCCC(=O)Nc2cccnc2-c2ccnc1c2. The number of nitrogens with two attached hydrogens (primary N) is 2. The molecule has 1 aromatic carbocycles. The van der Waals surface area contributed by atoms with Crippen molar-refractivity contribution in [2.45, 2.75) is 31.7 Å². The Hall–Kier alpha value is -4.28. The number of hydrogen-bond acceptors (Lipinski definition) is 7. The van der Waals surface area contributed by atoms with Gasteiger partial charge in [-0.05, 0) is 61.4 Å². The van der Waals surface area contributed by atoms with Gasteiger partial charge < -0.3 is 16.5 Å². The number of hydrazine groups is 1. The third-order valence-electron chi connectivity index (χ3n) is 5.83. The van der Waals surface area contributed by atoms with E-state index in [1.165, 1.54) is 17.4 Å². The van der Waals surface area contributed by atoms with Gasteiger partial charge in [0.15, 0.2) is 0 Å². The van der Waals surface area contributed by atoms with E-state index in [1.807, 2.05) is 18.2 Å². The van der Waals surface area contributed by atoms with Crippen molar-refractivity contribution in [3.63, 3.8) is 0 Å². The molecular weight excluding hydrogens is 492 g/mol. The van der Waals surface area contributed by atoms with Crippen LogP contribution in [0.5, 0.6) is 0 Å². The fourth-order valence-electron chi connectivity index (χ4n) is 4.08. The summed E-state index contributed by atoms with van der Waals surface area (Å²) in [6.07, 6.45) is 10.0. The first-order chi connectivity index (χ1) is 17.9. The summed E-state index contributed by atoms with van der Waals surface area (Å²) in [5.41, 5.74) is 3.96. The minimum atomic E-state index is -0.360. The van der Waals surface area contributed by atoms with Crippen LogP contribution in [0.4, 0.5) is 11.4 Å². The molecule has 0 radical (unpaired) electrons. The number of carbonyl (C=O) groups excluding carboxylic acids is 2. The van der Waals surface area contributed by atoms with Crippen molar-refractivity contribution < 1.29 is 9.59 Å². The average Bonchev–Trinajstić information content (AvgIpc) is 2.89. The Morgan fingerprint density at radius 3 is 2.89 bits per heavy atom. The van der Waals surface area contributed by atoms with Gasteiger partial charge in [0, 0.05) is 41.0 Å². The summed E-state index contributed by atoms with van der Waals surface area (Å²) in [6, 6.07) is 12.0. The van der Waals surface area contributed by atoms with Crippen molar-refractivity contribution >= 4 is 47.2 Å². The number of rotatable bonds is 5. The van der Waals surface area contributed by atoms with Crippen molar-refractivity contribution in [1.82, 2.24) is 15.3 Å². The van der Waals surface area contributed by atoms with Crippen LogP contribution in [0, 0.1) is 0 Å². The number of nitrogens with zero attached hydrogens (tertiary/aromatic N) is 4. The molecule has 1 aliphatic rings. The van der Waals surface area contributed by atoms with E-state index in [0.29, 0.717) is 52.6 Å². The number of hydrazone groups is 1. The van der Waals surface area contributed by atoms with Crippen LogP contribution in [-0.4, -0.2) is 28.1 Å². The molecule has 6 N–H and O–H groups in total. The minimum absolute atomic E-state index is 0.0708. The Morgan fingerprint density at radius 2 is 2.05 bits per heavy atom. The Kier molecular flexibility index (Phi) is 8.44. The predicted octanol–water partition coefficient (Wildman–Crippen LogP) is 3.76. The third-order valence-corrected chi connectivity index (χ3v) is 6.06. The van der Waals surface area contributed by atoms with Crippen molar-refractivity contribution in [1.29, 1.82) is 0 Å². The molecule has 2 aromatic heterocycles. The van der Waals surface area contributed by atoms with Gasteiger partial charge in [-0.15, -0.1) is 0 Å². The van der Waals surface area contributed by atoms with E-state index in [0.717, 1.165) is 12.0 Å². The molecular formula is C26H27ClN8O2. The second kappa shape index (κ2) is 12.1. The molecule has 1 aliphatic heterocycles. The van der Waals surface area contributed by atoms with Crippen LogP contribution in [-0.2, 0) is 9.59 Å². The van der Waals surface area contributed by atoms with E-state index in [1.54, 1.807) is 42.7 Å². The van der Waals surface area contributed by atoms with Crippen LogP contribution >= 0.6 is 11.6 Å². The molecule has 1 atom stereocenters. The average molecular weight is 519 g/mol. The summed E-state index contributed by atoms with van der Waals surface area (Å²) < 4.78 is 0. The highest BCUT2D eigenvalue weighted by atomic mass is 35.5. The van der Waals surface area contributed by atoms with Crippen LogP contribution in [0.2, 0.25) is 5.02 Å². The number of benzene rings is 1. The quantitative estimate of drug-likeness (QED) is 0.132. The summed E-state index contributed by atoms with van der Waals surface area (Å²) in [5, 5.41) is 11.1. The van der Waals surface area contributed by atoms with Crippen molar-refractivity contribution in [2.24, 2.45) is 16.8 Å². The lowest BCUT2D eigenvalue weighted by Crippen LogP contribution is -2.30. The Bertz CT molecular complexity index is 1340. The Morgan fingerprint density at radius 1 is 1.19 bits per heavy atom. The maximum atomic E-state index is 13.0. The van der Waals surface area contributed by atoms with Crippen molar-refractivity contribution in [3.05, 3.63) is 77.2 Å². The molecule has 0 spiro atoms. The van der Waals surface area contributed by atoms with Crippen LogP contribution in [0.1, 0.15) is 43.0 Å². The number of fused-ring (bicyclic) bond motifs is 4. The molecule has 0 saturated heterocycles. The molecule has 0 unspecified atom stereocenters. The molecule has 2 bridgehead atoms. The Labute approximate surface area is 219 Å². The van der Waals surface area contributed by atoms with Gasteiger partial charge in [0.05, 0.1) is 28.8 Å². The largest absolute Gasteiger partial charge is 0.344 e. The van der Waals surface area contributed by atoms with E-state index >= 15 is 0 Å². The zero-order valence-electron chi connectivity index (χ0n) is 20.0. The summed E-state index contributed by atoms with van der Waals surface area (Å²) in [6.45, 7) is 0. The second-order valence-electron chi connectivity index (χ2n) is 8.43. The van der Waals surface area contributed by atoms with Crippen molar-refractivity contribution in [3.8, 4) is 11.3 Å². The molecule has 10 nitrogen and oxygen atoms in total. The summed E-state index contributed by atoms with van der Waals surface area (Å²) in [7, 11) is 0. The van der Waals surface area contributed by atoms with Gasteiger partial charge >= 0.3 is 0 Å². The first-order valence-corrected chi connectivity index (χ1v) is 12.1. The highest BCUT2D eigenvalue weighted by Crippen LogP contribution is 2.29.